The van der Waals surface area contributed by atoms with E-state index >= 15 is 0 Å². The van der Waals surface area contributed by atoms with Gasteiger partial charge in [0.1, 0.15) is 5.69 Å². The zero-order chi connectivity index (χ0) is 13.0. The van der Waals surface area contributed by atoms with Crippen LogP contribution in [-0.2, 0) is 0 Å². The molecule has 0 amide bonds. The van der Waals surface area contributed by atoms with E-state index in [2.05, 4.69) is 20.3 Å². The van der Waals surface area contributed by atoms with Gasteiger partial charge in [-0.2, -0.15) is 0 Å². The third-order valence-corrected chi connectivity index (χ3v) is 2.43. The van der Waals surface area contributed by atoms with Crippen LogP contribution in [0, 0.1) is 12.7 Å². The van der Waals surface area contributed by atoms with Crippen molar-refractivity contribution in [3.05, 3.63) is 36.0 Å². The number of nitrogens with one attached hydrogen (secondary N) is 1. The number of hydrogen-bond acceptors (Lipinski definition) is 4. The highest BCUT2D eigenvalue weighted by atomic mass is 19.1. The molecule has 94 valence electrons. The van der Waals surface area contributed by atoms with Gasteiger partial charge in [0, 0.05) is 24.5 Å². The van der Waals surface area contributed by atoms with E-state index in [0.717, 1.165) is 18.5 Å². The quantitative estimate of drug-likeness (QED) is 0.901. The molecule has 1 N–H and O–H groups in total. The van der Waals surface area contributed by atoms with Gasteiger partial charge in [0.15, 0.2) is 5.82 Å². The Labute approximate surface area is 105 Å². The highest BCUT2D eigenvalue weighted by molar-refractivity contribution is 5.60. The molecule has 0 spiro atoms. The summed E-state index contributed by atoms with van der Waals surface area (Å²) in [4.78, 5) is 12.1. The molecule has 0 radical (unpaired) electrons. The molecule has 0 saturated carbocycles. The fourth-order valence-electron chi connectivity index (χ4n) is 1.58. The van der Waals surface area contributed by atoms with Gasteiger partial charge in [-0.15, -0.1) is 0 Å². The number of rotatable bonds is 4. The lowest BCUT2D eigenvalue weighted by atomic mass is 10.1. The van der Waals surface area contributed by atoms with Crippen molar-refractivity contribution in [2.75, 3.05) is 11.9 Å². The molecular formula is C13H15FN4. The summed E-state index contributed by atoms with van der Waals surface area (Å²) in [6.45, 7) is 4.71. The van der Waals surface area contributed by atoms with Crippen molar-refractivity contribution in [2.45, 2.75) is 20.3 Å². The maximum absolute atomic E-state index is 13.7. The summed E-state index contributed by atoms with van der Waals surface area (Å²) in [5.74, 6) is -0.000736. The predicted molar refractivity (Wildman–Crippen MR) is 68.7 cm³/mol. The minimum absolute atomic E-state index is 0.278. The fourth-order valence-corrected chi connectivity index (χ4v) is 1.58. The molecule has 0 aliphatic carbocycles. The molecule has 0 fully saturated rings. The standard InChI is InChI=1S/C13H15FN4/c1-3-4-16-13-17-8-11(14)12(18-13)10-5-9(2)6-15-7-10/h5-8H,3-4H2,1-2H3,(H,16,17,18). The van der Waals surface area contributed by atoms with Crippen LogP contribution in [0.15, 0.2) is 24.7 Å². The van der Waals surface area contributed by atoms with Crippen LogP contribution >= 0.6 is 0 Å². The van der Waals surface area contributed by atoms with Crippen LogP contribution in [0.2, 0.25) is 0 Å². The van der Waals surface area contributed by atoms with Gasteiger partial charge in [0.25, 0.3) is 0 Å². The van der Waals surface area contributed by atoms with Crippen LogP contribution in [-0.4, -0.2) is 21.5 Å². The predicted octanol–water partition coefficient (Wildman–Crippen LogP) is 2.81. The van der Waals surface area contributed by atoms with Gasteiger partial charge < -0.3 is 5.32 Å². The van der Waals surface area contributed by atoms with E-state index in [1.807, 2.05) is 19.9 Å². The number of nitrogens with zero attached hydrogens (tertiary/aromatic N) is 3. The second-order valence-electron chi connectivity index (χ2n) is 4.07. The molecule has 0 unspecified atom stereocenters. The SMILES string of the molecule is CCCNc1ncc(F)c(-c2cncc(C)c2)n1. The lowest BCUT2D eigenvalue weighted by Gasteiger charge is -2.06. The molecule has 0 atom stereocenters. The second-order valence-corrected chi connectivity index (χ2v) is 4.07. The van der Waals surface area contributed by atoms with Crippen LogP contribution in [0.5, 0.6) is 0 Å². The molecule has 4 nitrogen and oxygen atoms in total. The van der Waals surface area contributed by atoms with E-state index in [1.165, 1.54) is 6.20 Å². The summed E-state index contributed by atoms with van der Waals surface area (Å²) in [6, 6.07) is 1.85. The largest absolute Gasteiger partial charge is 0.354 e. The van der Waals surface area contributed by atoms with Gasteiger partial charge in [-0.25, -0.2) is 14.4 Å². The Hall–Kier alpha value is -2.04. The maximum Gasteiger partial charge on any atom is 0.223 e. The molecule has 0 bridgehead atoms. The van der Waals surface area contributed by atoms with E-state index in [0.29, 0.717) is 11.5 Å². The van der Waals surface area contributed by atoms with Crippen LogP contribution < -0.4 is 5.32 Å². The molecule has 2 rings (SSSR count). The summed E-state index contributed by atoms with van der Waals surface area (Å²) in [5.41, 5.74) is 1.91. The third kappa shape index (κ3) is 2.80. The van der Waals surface area contributed by atoms with E-state index in [1.54, 1.807) is 12.4 Å². The summed E-state index contributed by atoms with van der Waals surface area (Å²) in [6.07, 6.45) is 5.46. The molecule has 2 heterocycles. The fraction of sp³-hybridized carbons (Fsp3) is 0.308. The van der Waals surface area contributed by atoms with Gasteiger partial charge in [0.2, 0.25) is 5.95 Å². The molecule has 0 aliphatic heterocycles. The van der Waals surface area contributed by atoms with Crippen molar-refractivity contribution >= 4 is 5.95 Å². The first-order valence-corrected chi connectivity index (χ1v) is 5.89. The number of hydrogen-bond donors (Lipinski definition) is 1. The minimum Gasteiger partial charge on any atom is -0.354 e. The maximum atomic E-state index is 13.7. The summed E-state index contributed by atoms with van der Waals surface area (Å²) in [5, 5.41) is 3.04. The monoisotopic (exact) mass is 246 g/mol. The van der Waals surface area contributed by atoms with E-state index in [4.69, 9.17) is 0 Å². The van der Waals surface area contributed by atoms with Gasteiger partial charge in [-0.3, -0.25) is 4.98 Å². The Morgan fingerprint density at radius 3 is 2.83 bits per heavy atom. The summed E-state index contributed by atoms with van der Waals surface area (Å²) < 4.78 is 13.7. The highest BCUT2D eigenvalue weighted by Gasteiger charge is 2.09. The van der Waals surface area contributed by atoms with Gasteiger partial charge in [-0.1, -0.05) is 6.92 Å². The average molecular weight is 246 g/mol. The topological polar surface area (TPSA) is 50.7 Å². The Morgan fingerprint density at radius 2 is 2.11 bits per heavy atom. The summed E-state index contributed by atoms with van der Waals surface area (Å²) >= 11 is 0. The molecule has 0 aliphatic rings. The zero-order valence-electron chi connectivity index (χ0n) is 10.4. The number of anilines is 1. The van der Waals surface area contributed by atoms with E-state index in [-0.39, 0.29) is 5.69 Å². The molecule has 0 aromatic carbocycles. The van der Waals surface area contributed by atoms with Crippen molar-refractivity contribution in [1.29, 1.82) is 0 Å². The van der Waals surface area contributed by atoms with Gasteiger partial charge in [-0.05, 0) is 25.0 Å². The molecule has 2 aromatic heterocycles. The summed E-state index contributed by atoms with van der Waals surface area (Å²) in [7, 11) is 0. The lowest BCUT2D eigenvalue weighted by Crippen LogP contribution is -2.05. The van der Waals surface area contributed by atoms with E-state index in [9.17, 15) is 4.39 Å². The zero-order valence-corrected chi connectivity index (χ0v) is 10.4. The first-order chi connectivity index (χ1) is 8.70. The van der Waals surface area contributed by atoms with Crippen molar-refractivity contribution in [2.24, 2.45) is 0 Å². The van der Waals surface area contributed by atoms with Crippen LogP contribution in [0.3, 0.4) is 0 Å². The average Bonchev–Trinajstić information content (AvgIpc) is 2.38. The third-order valence-electron chi connectivity index (χ3n) is 2.43. The first kappa shape index (κ1) is 12.4. The molecule has 2 aromatic rings. The normalized spacial score (nSPS) is 10.4. The van der Waals surface area contributed by atoms with Crippen LogP contribution in [0.4, 0.5) is 10.3 Å². The van der Waals surface area contributed by atoms with Crippen molar-refractivity contribution < 1.29 is 4.39 Å². The molecule has 0 saturated heterocycles. The number of halogens is 1. The van der Waals surface area contributed by atoms with Crippen LogP contribution in [0.1, 0.15) is 18.9 Å². The Kier molecular flexibility index (Phi) is 3.82. The van der Waals surface area contributed by atoms with Crippen molar-refractivity contribution in [1.82, 2.24) is 15.0 Å². The van der Waals surface area contributed by atoms with Crippen molar-refractivity contribution in [3.63, 3.8) is 0 Å². The lowest BCUT2D eigenvalue weighted by molar-refractivity contribution is 0.618. The molecular weight excluding hydrogens is 231 g/mol. The number of aryl methyl sites for hydroxylation is 1. The Bertz CT molecular complexity index is 542. The van der Waals surface area contributed by atoms with Gasteiger partial charge >= 0.3 is 0 Å². The smallest absolute Gasteiger partial charge is 0.223 e. The Balaban J connectivity index is 2.37. The molecule has 5 heteroatoms. The Morgan fingerprint density at radius 1 is 1.28 bits per heavy atom. The number of aromatic nitrogens is 3. The minimum atomic E-state index is -0.440. The number of pyridine rings is 1. The molecule has 18 heavy (non-hydrogen) atoms. The first-order valence-electron chi connectivity index (χ1n) is 5.89. The van der Waals surface area contributed by atoms with Crippen LogP contribution in [0.25, 0.3) is 11.3 Å². The van der Waals surface area contributed by atoms with Gasteiger partial charge in [0.05, 0.1) is 6.20 Å². The van der Waals surface area contributed by atoms with Crippen molar-refractivity contribution in [3.8, 4) is 11.3 Å². The highest BCUT2D eigenvalue weighted by Crippen LogP contribution is 2.21. The van der Waals surface area contributed by atoms with E-state index < -0.39 is 5.82 Å². The second kappa shape index (κ2) is 5.53.